The molecule has 0 atom stereocenters. The zero-order chi connectivity index (χ0) is 40.4. The van der Waals surface area contributed by atoms with Crippen molar-refractivity contribution in [3.63, 3.8) is 0 Å². The molecule has 0 aliphatic heterocycles. The number of hydrogen-bond donors (Lipinski definition) is 0. The first-order chi connectivity index (χ1) is 29.3. The molecule has 0 N–H and O–H groups in total. The summed E-state index contributed by atoms with van der Waals surface area (Å²) >= 11 is 0. The van der Waals surface area contributed by atoms with Crippen LogP contribution in [0.3, 0.4) is 0 Å². The minimum Gasteiger partial charge on any atom is -0.310 e. The zero-order valence-corrected chi connectivity index (χ0v) is 34.5. The van der Waals surface area contributed by atoms with Gasteiger partial charge in [0, 0.05) is 27.6 Å². The van der Waals surface area contributed by atoms with Gasteiger partial charge in [0.1, 0.15) is 0 Å². The Morgan fingerprint density at radius 2 is 0.733 bits per heavy atom. The van der Waals surface area contributed by atoms with Crippen LogP contribution in [0.1, 0.15) is 72.2 Å². The van der Waals surface area contributed by atoms with Gasteiger partial charge in [0.05, 0.1) is 11.1 Å². The minimum absolute atomic E-state index is 0.146. The molecular formula is C59H45N. The highest BCUT2D eigenvalue weighted by atomic mass is 15.1. The molecule has 0 aromatic heterocycles. The quantitative estimate of drug-likeness (QED) is 0.169. The maximum absolute atomic E-state index is 2.57. The molecule has 0 bridgehead atoms. The van der Waals surface area contributed by atoms with Gasteiger partial charge >= 0.3 is 0 Å². The molecule has 0 saturated carbocycles. The summed E-state index contributed by atoms with van der Waals surface area (Å²) in [5, 5.41) is 2.49. The van der Waals surface area contributed by atoms with E-state index < -0.39 is 5.41 Å². The lowest BCUT2D eigenvalue weighted by molar-refractivity contribution is 0.660. The Bertz CT molecular complexity index is 3060. The van der Waals surface area contributed by atoms with Crippen molar-refractivity contribution < 1.29 is 0 Å². The van der Waals surface area contributed by atoms with Gasteiger partial charge in [0.25, 0.3) is 0 Å². The molecule has 0 spiro atoms. The lowest BCUT2D eigenvalue weighted by atomic mass is 9.67. The topological polar surface area (TPSA) is 3.24 Å². The van der Waals surface area contributed by atoms with Crippen LogP contribution in [0.4, 0.5) is 17.1 Å². The van der Waals surface area contributed by atoms with E-state index in [-0.39, 0.29) is 10.8 Å². The van der Waals surface area contributed by atoms with Gasteiger partial charge in [-0.05, 0) is 114 Å². The lowest BCUT2D eigenvalue weighted by Gasteiger charge is -2.35. The monoisotopic (exact) mass is 767 g/mol. The van der Waals surface area contributed by atoms with Crippen LogP contribution in [0.5, 0.6) is 0 Å². The van der Waals surface area contributed by atoms with E-state index >= 15 is 0 Å². The summed E-state index contributed by atoms with van der Waals surface area (Å²) in [5.41, 5.74) is 21.3. The third-order valence-electron chi connectivity index (χ3n) is 14.3. The first-order valence-corrected chi connectivity index (χ1v) is 21.4. The molecule has 3 aliphatic carbocycles. The van der Waals surface area contributed by atoms with E-state index in [0.717, 1.165) is 11.4 Å². The van der Waals surface area contributed by atoms with Gasteiger partial charge in [-0.2, -0.15) is 0 Å². The van der Waals surface area contributed by atoms with Crippen LogP contribution >= 0.6 is 0 Å². The third-order valence-corrected chi connectivity index (χ3v) is 14.3. The molecule has 9 aromatic rings. The molecule has 286 valence electrons. The van der Waals surface area contributed by atoms with Gasteiger partial charge in [0.2, 0.25) is 0 Å². The van der Waals surface area contributed by atoms with Crippen LogP contribution in [0.15, 0.2) is 200 Å². The highest BCUT2D eigenvalue weighted by Gasteiger charge is 2.47. The fourth-order valence-corrected chi connectivity index (χ4v) is 11.6. The van der Waals surface area contributed by atoms with Gasteiger partial charge in [-0.3, -0.25) is 0 Å². The molecule has 0 radical (unpaired) electrons. The maximum Gasteiger partial charge on any atom is 0.0714 e. The van der Waals surface area contributed by atoms with Gasteiger partial charge in [-0.15, -0.1) is 0 Å². The van der Waals surface area contributed by atoms with Crippen molar-refractivity contribution in [1.29, 1.82) is 0 Å². The van der Waals surface area contributed by atoms with Crippen LogP contribution in [0.25, 0.3) is 44.2 Å². The average Bonchev–Trinajstić information content (AvgIpc) is 3.82. The summed E-state index contributed by atoms with van der Waals surface area (Å²) < 4.78 is 0. The molecule has 0 heterocycles. The van der Waals surface area contributed by atoms with Gasteiger partial charge < -0.3 is 4.90 Å². The fraction of sp³-hybridized carbons (Fsp3) is 0.119. The molecule has 12 rings (SSSR count). The van der Waals surface area contributed by atoms with Crippen molar-refractivity contribution >= 4 is 27.8 Å². The summed E-state index contributed by atoms with van der Waals surface area (Å²) in [6.07, 6.45) is 0. The average molecular weight is 768 g/mol. The molecule has 0 amide bonds. The van der Waals surface area contributed by atoms with Gasteiger partial charge in [-0.25, -0.2) is 0 Å². The summed E-state index contributed by atoms with van der Waals surface area (Å²) in [7, 11) is 0. The Hall–Kier alpha value is -6.96. The summed E-state index contributed by atoms with van der Waals surface area (Å²) in [5.74, 6) is 0. The Morgan fingerprint density at radius 3 is 1.27 bits per heavy atom. The van der Waals surface area contributed by atoms with Crippen molar-refractivity contribution in [1.82, 2.24) is 0 Å². The first-order valence-electron chi connectivity index (χ1n) is 21.4. The van der Waals surface area contributed by atoms with E-state index in [9.17, 15) is 0 Å². The molecule has 0 unspecified atom stereocenters. The predicted octanol–water partition coefficient (Wildman–Crippen LogP) is 15.3. The number of fused-ring (bicyclic) bond motifs is 11. The normalized spacial score (nSPS) is 15.4. The number of hydrogen-bond acceptors (Lipinski definition) is 1. The van der Waals surface area contributed by atoms with Crippen molar-refractivity contribution in [2.24, 2.45) is 0 Å². The van der Waals surface area contributed by atoms with Gasteiger partial charge in [0.15, 0.2) is 0 Å². The second-order valence-corrected chi connectivity index (χ2v) is 18.0. The van der Waals surface area contributed by atoms with Crippen molar-refractivity contribution in [2.75, 3.05) is 4.90 Å². The Morgan fingerprint density at radius 1 is 0.317 bits per heavy atom. The van der Waals surface area contributed by atoms with E-state index in [1.54, 1.807) is 0 Å². The molecule has 9 aromatic carbocycles. The van der Waals surface area contributed by atoms with E-state index in [1.165, 1.54) is 94.3 Å². The van der Waals surface area contributed by atoms with Crippen LogP contribution in [-0.2, 0) is 16.2 Å². The fourth-order valence-electron chi connectivity index (χ4n) is 11.6. The smallest absolute Gasteiger partial charge is 0.0714 e. The predicted molar refractivity (Wildman–Crippen MR) is 251 cm³/mol. The molecule has 0 saturated heterocycles. The van der Waals surface area contributed by atoms with E-state index in [0.29, 0.717) is 0 Å². The molecular weight excluding hydrogens is 723 g/mol. The van der Waals surface area contributed by atoms with Crippen molar-refractivity contribution in [3.05, 3.63) is 245 Å². The number of benzene rings is 9. The molecule has 1 heteroatoms. The van der Waals surface area contributed by atoms with E-state index in [4.69, 9.17) is 0 Å². The molecule has 60 heavy (non-hydrogen) atoms. The van der Waals surface area contributed by atoms with Crippen LogP contribution in [-0.4, -0.2) is 0 Å². The Kier molecular flexibility index (Phi) is 7.31. The van der Waals surface area contributed by atoms with Crippen LogP contribution in [0.2, 0.25) is 0 Å². The van der Waals surface area contributed by atoms with Crippen molar-refractivity contribution in [3.8, 4) is 33.4 Å². The van der Waals surface area contributed by atoms with Gasteiger partial charge in [-0.1, -0.05) is 198 Å². The maximum atomic E-state index is 2.57. The summed E-state index contributed by atoms with van der Waals surface area (Å²) in [6, 6.07) is 75.5. The Labute approximate surface area is 353 Å². The zero-order valence-electron chi connectivity index (χ0n) is 34.5. The first kappa shape index (κ1) is 35.0. The second-order valence-electron chi connectivity index (χ2n) is 18.0. The van der Waals surface area contributed by atoms with Crippen molar-refractivity contribution in [2.45, 2.75) is 43.9 Å². The Balaban J connectivity index is 1.19. The van der Waals surface area contributed by atoms with E-state index in [2.05, 4.69) is 233 Å². The van der Waals surface area contributed by atoms with Crippen LogP contribution in [0, 0.1) is 0 Å². The molecule has 1 nitrogen and oxygen atoms in total. The lowest BCUT2D eigenvalue weighted by Crippen LogP contribution is -2.28. The standard InChI is InChI=1S/C59H45N/c1-57(2)49-28-16-13-23-42(49)44-33-31-40(35-52(44)57)60(41-32-34-45-43-24-14-17-29-50(43)58(3,4)53(45)36-41)55-37-54-56(47-26-12-11-25-46(47)55)48-27-15-18-30-51(48)59(54,38-19-7-5-8-20-38)39-21-9-6-10-22-39/h5-37H,1-4H3. The van der Waals surface area contributed by atoms with Crippen LogP contribution < -0.4 is 4.90 Å². The minimum atomic E-state index is -0.540. The molecule has 0 fully saturated rings. The number of anilines is 3. The highest BCUT2D eigenvalue weighted by Crippen LogP contribution is 2.60. The summed E-state index contributed by atoms with van der Waals surface area (Å²) in [4.78, 5) is 2.57. The van der Waals surface area contributed by atoms with E-state index in [1.807, 2.05) is 0 Å². The third kappa shape index (κ3) is 4.58. The number of nitrogens with zero attached hydrogens (tertiary/aromatic N) is 1. The highest BCUT2D eigenvalue weighted by molar-refractivity contribution is 6.11. The number of rotatable bonds is 5. The molecule has 3 aliphatic rings. The summed E-state index contributed by atoms with van der Waals surface area (Å²) in [6.45, 7) is 9.54. The SMILES string of the molecule is CC1(C)c2ccccc2-c2ccc(N(c3ccc4c(c3)C(C)(C)c3ccccc3-4)c3cc4c(c5ccccc35)-c3ccccc3C4(c3ccccc3)c3ccccc3)cc21. The second kappa shape index (κ2) is 12.5. The largest absolute Gasteiger partial charge is 0.310 e.